The van der Waals surface area contributed by atoms with E-state index in [1.807, 2.05) is 36.2 Å². The van der Waals surface area contributed by atoms with Crippen molar-refractivity contribution >= 4 is 29.4 Å². The van der Waals surface area contributed by atoms with Crippen molar-refractivity contribution in [2.45, 2.75) is 6.42 Å². The molecule has 0 heterocycles. The number of nitrogens with zero attached hydrogens (tertiary/aromatic N) is 3. The fraction of sp³-hybridized carbons (Fsp3) is 0.167. The first kappa shape index (κ1) is 17.5. The Labute approximate surface area is 146 Å². The van der Waals surface area contributed by atoms with Gasteiger partial charge in [-0.05, 0) is 35.9 Å². The van der Waals surface area contributed by atoms with Crippen molar-refractivity contribution in [3.63, 3.8) is 0 Å². The van der Waals surface area contributed by atoms with E-state index in [-0.39, 0.29) is 5.91 Å². The smallest absolute Gasteiger partial charge is 0.271 e. The maximum absolute atomic E-state index is 11.9. The Kier molecular flexibility index (Phi) is 6.35. The van der Waals surface area contributed by atoms with E-state index in [2.05, 4.69) is 16.6 Å². The fourth-order valence-corrected chi connectivity index (χ4v) is 2.21. The summed E-state index contributed by atoms with van der Waals surface area (Å²) in [4.78, 5) is 13.9. The largest absolute Gasteiger partial charge is 0.374 e. The van der Waals surface area contributed by atoms with Crippen LogP contribution in [0.4, 0.5) is 5.69 Å². The molecule has 0 aromatic heterocycles. The zero-order chi connectivity index (χ0) is 17.4. The molecule has 0 saturated carbocycles. The van der Waals surface area contributed by atoms with Gasteiger partial charge in [-0.25, -0.2) is 5.43 Å². The molecule has 0 unspecified atom stereocenters. The first-order valence-electron chi connectivity index (χ1n) is 7.37. The minimum atomic E-state index is -0.318. The maximum atomic E-state index is 11.9. The fourth-order valence-electron chi connectivity index (χ4n) is 2.02. The van der Waals surface area contributed by atoms with Crippen LogP contribution < -0.4 is 10.3 Å². The number of anilines is 1. The van der Waals surface area contributed by atoms with Crippen molar-refractivity contribution in [1.82, 2.24) is 5.43 Å². The third-order valence-electron chi connectivity index (χ3n) is 3.36. The van der Waals surface area contributed by atoms with Crippen LogP contribution in [0.3, 0.4) is 0 Å². The Bertz CT molecular complexity index is 765. The quantitative estimate of drug-likeness (QED) is 0.646. The molecule has 6 heteroatoms. The van der Waals surface area contributed by atoms with Gasteiger partial charge >= 0.3 is 0 Å². The summed E-state index contributed by atoms with van der Waals surface area (Å²) in [6, 6.07) is 16.5. The highest BCUT2D eigenvalue weighted by Gasteiger charge is 2.04. The Hall–Kier alpha value is -2.84. The highest BCUT2D eigenvalue weighted by atomic mass is 35.5. The summed E-state index contributed by atoms with van der Waals surface area (Å²) in [7, 11) is 1.94. The van der Waals surface area contributed by atoms with Crippen LogP contribution in [0, 0.1) is 11.3 Å². The van der Waals surface area contributed by atoms with Crippen LogP contribution >= 0.6 is 11.6 Å². The summed E-state index contributed by atoms with van der Waals surface area (Å²) < 4.78 is 0. The van der Waals surface area contributed by atoms with Crippen molar-refractivity contribution in [2.75, 3.05) is 18.5 Å². The van der Waals surface area contributed by atoms with Gasteiger partial charge in [0.15, 0.2) is 0 Å². The summed E-state index contributed by atoms with van der Waals surface area (Å²) in [5, 5.41) is 13.1. The van der Waals surface area contributed by atoms with Crippen LogP contribution in [0.15, 0.2) is 53.6 Å². The molecule has 122 valence electrons. The van der Waals surface area contributed by atoms with Crippen molar-refractivity contribution in [3.05, 3.63) is 64.7 Å². The van der Waals surface area contributed by atoms with Crippen LogP contribution in [0.5, 0.6) is 0 Å². The maximum Gasteiger partial charge on any atom is 0.271 e. The topological polar surface area (TPSA) is 68.5 Å². The van der Waals surface area contributed by atoms with Crippen LogP contribution in [0.25, 0.3) is 0 Å². The summed E-state index contributed by atoms with van der Waals surface area (Å²) in [6.45, 7) is 0.680. The van der Waals surface area contributed by atoms with Crippen molar-refractivity contribution in [1.29, 1.82) is 5.26 Å². The number of carbonyl (C=O) groups excluding carboxylic acids is 1. The van der Waals surface area contributed by atoms with Gasteiger partial charge < -0.3 is 4.90 Å². The number of carbonyl (C=O) groups is 1. The molecule has 24 heavy (non-hydrogen) atoms. The van der Waals surface area contributed by atoms with Crippen molar-refractivity contribution < 1.29 is 4.79 Å². The zero-order valence-electron chi connectivity index (χ0n) is 13.2. The van der Waals surface area contributed by atoms with Gasteiger partial charge in [-0.15, -0.1) is 0 Å². The molecule has 0 bridgehead atoms. The molecule has 0 aliphatic rings. The highest BCUT2D eigenvalue weighted by molar-refractivity contribution is 6.30. The molecule has 5 nitrogen and oxygen atoms in total. The van der Waals surface area contributed by atoms with Gasteiger partial charge in [0.1, 0.15) is 0 Å². The number of benzene rings is 2. The molecule has 1 amide bonds. The lowest BCUT2D eigenvalue weighted by Crippen LogP contribution is -2.18. The second-order valence-electron chi connectivity index (χ2n) is 5.13. The monoisotopic (exact) mass is 340 g/mol. The number of amides is 1. The molecule has 2 aromatic rings. The SMILES string of the molecule is CN(CCC#N)c1ccc(/C=N\NC(=O)c2cccc(Cl)c2)cc1. The molecular formula is C18H17ClN4O. The first-order valence-corrected chi connectivity index (χ1v) is 7.75. The predicted octanol–water partition coefficient (Wildman–Crippen LogP) is 3.45. The van der Waals surface area contributed by atoms with Crippen molar-refractivity contribution in [2.24, 2.45) is 5.10 Å². The molecule has 1 N–H and O–H groups in total. The van der Waals surface area contributed by atoms with E-state index in [1.165, 1.54) is 0 Å². The Morgan fingerprint density at radius 1 is 1.33 bits per heavy atom. The van der Waals surface area contributed by atoms with Gasteiger partial charge in [0, 0.05) is 29.9 Å². The van der Waals surface area contributed by atoms with E-state index in [1.54, 1.807) is 30.5 Å². The van der Waals surface area contributed by atoms with Gasteiger partial charge in [-0.3, -0.25) is 4.79 Å². The molecule has 0 aliphatic carbocycles. The first-order chi connectivity index (χ1) is 11.6. The lowest BCUT2D eigenvalue weighted by molar-refractivity contribution is 0.0955. The summed E-state index contributed by atoms with van der Waals surface area (Å²) in [5.74, 6) is -0.318. The van der Waals surface area contributed by atoms with Crippen LogP contribution in [-0.4, -0.2) is 25.7 Å². The normalized spacial score (nSPS) is 10.4. The molecule has 0 atom stereocenters. The number of hydrazone groups is 1. The van der Waals surface area contributed by atoms with E-state index < -0.39 is 0 Å². The van der Waals surface area contributed by atoms with Gasteiger partial charge in [-0.1, -0.05) is 29.8 Å². The minimum Gasteiger partial charge on any atom is -0.374 e. The van der Waals surface area contributed by atoms with E-state index in [0.29, 0.717) is 23.6 Å². The molecule has 0 radical (unpaired) electrons. The second kappa shape index (κ2) is 8.70. The van der Waals surface area contributed by atoms with Crippen LogP contribution in [0.1, 0.15) is 22.3 Å². The number of hydrogen-bond acceptors (Lipinski definition) is 4. The molecular weight excluding hydrogens is 324 g/mol. The van der Waals surface area contributed by atoms with Crippen LogP contribution in [0.2, 0.25) is 5.02 Å². The lowest BCUT2D eigenvalue weighted by Gasteiger charge is -2.17. The molecule has 0 fully saturated rings. The van der Waals surface area contributed by atoms with Crippen molar-refractivity contribution in [3.8, 4) is 6.07 Å². The highest BCUT2D eigenvalue weighted by Crippen LogP contribution is 2.13. The standard InChI is InChI=1S/C18H17ClN4O/c1-23(11-3-10-20)17-8-6-14(7-9-17)13-21-22-18(24)15-4-2-5-16(19)12-15/h2,4-9,12-13H,3,11H2,1H3,(H,22,24)/b21-13-. The average Bonchev–Trinajstić information content (AvgIpc) is 2.60. The molecule has 2 rings (SSSR count). The van der Waals surface area contributed by atoms with Gasteiger partial charge in [0.05, 0.1) is 18.7 Å². The summed E-state index contributed by atoms with van der Waals surface area (Å²) in [5.41, 5.74) is 4.80. The van der Waals surface area contributed by atoms with E-state index >= 15 is 0 Å². The van der Waals surface area contributed by atoms with E-state index in [0.717, 1.165) is 11.3 Å². The zero-order valence-corrected chi connectivity index (χ0v) is 14.0. The third kappa shape index (κ3) is 5.11. The molecule has 2 aromatic carbocycles. The Morgan fingerprint density at radius 3 is 2.75 bits per heavy atom. The van der Waals surface area contributed by atoms with Gasteiger partial charge in [0.25, 0.3) is 5.91 Å². The second-order valence-corrected chi connectivity index (χ2v) is 5.57. The Balaban J connectivity index is 1.92. The third-order valence-corrected chi connectivity index (χ3v) is 3.59. The molecule has 0 spiro atoms. The van der Waals surface area contributed by atoms with Gasteiger partial charge in [-0.2, -0.15) is 10.4 Å². The summed E-state index contributed by atoms with van der Waals surface area (Å²) in [6.07, 6.45) is 2.05. The number of halogens is 1. The minimum absolute atomic E-state index is 0.318. The average molecular weight is 341 g/mol. The number of nitriles is 1. The lowest BCUT2D eigenvalue weighted by atomic mass is 10.2. The number of nitrogens with one attached hydrogen (secondary N) is 1. The predicted molar refractivity (Wildman–Crippen MR) is 96.5 cm³/mol. The van der Waals surface area contributed by atoms with Crippen LogP contribution in [-0.2, 0) is 0 Å². The molecule has 0 aliphatic heterocycles. The van der Waals surface area contributed by atoms with Gasteiger partial charge in [0.2, 0.25) is 0 Å². The summed E-state index contributed by atoms with van der Waals surface area (Å²) >= 11 is 5.85. The number of hydrogen-bond donors (Lipinski definition) is 1. The Morgan fingerprint density at radius 2 is 2.08 bits per heavy atom. The van der Waals surface area contributed by atoms with E-state index in [4.69, 9.17) is 16.9 Å². The van der Waals surface area contributed by atoms with E-state index in [9.17, 15) is 4.79 Å². The number of rotatable bonds is 6. The molecule has 0 saturated heterocycles.